The molecule has 2 aliphatic rings. The summed E-state index contributed by atoms with van der Waals surface area (Å²) in [4.78, 5) is 4.35. The third-order valence-corrected chi connectivity index (χ3v) is 4.77. The summed E-state index contributed by atoms with van der Waals surface area (Å²) in [5.41, 5.74) is 2.69. The molecule has 1 heterocycles. The van der Waals surface area contributed by atoms with E-state index in [4.69, 9.17) is 4.74 Å². The number of aliphatic imine (C=N–C) groups is 1. The number of hydrogen-bond donors (Lipinski definition) is 2. The molecule has 2 N–H and O–H groups in total. The maximum absolute atomic E-state index is 5.97. The molecule has 0 radical (unpaired) electrons. The molecule has 2 aromatic carbocycles. The summed E-state index contributed by atoms with van der Waals surface area (Å²) in [7, 11) is 1.82. The molecule has 1 aliphatic carbocycles. The number of para-hydroxylation sites is 1. The van der Waals surface area contributed by atoms with Crippen LogP contribution in [0.1, 0.15) is 23.5 Å². The first-order valence-corrected chi connectivity index (χ1v) is 8.60. The SMILES string of the molecule is CN=C(NCC1Cc2ccccc2O1)NC1CC1c1ccccc1.I. The van der Waals surface area contributed by atoms with E-state index in [9.17, 15) is 0 Å². The van der Waals surface area contributed by atoms with Gasteiger partial charge in [-0.2, -0.15) is 0 Å². The lowest BCUT2D eigenvalue weighted by Gasteiger charge is -2.15. The van der Waals surface area contributed by atoms with E-state index in [0.717, 1.165) is 31.1 Å². The highest BCUT2D eigenvalue weighted by Gasteiger charge is 2.38. The molecule has 0 bridgehead atoms. The summed E-state index contributed by atoms with van der Waals surface area (Å²) in [6.07, 6.45) is 2.29. The lowest BCUT2D eigenvalue weighted by Crippen LogP contribution is -2.43. The fourth-order valence-electron chi connectivity index (χ4n) is 3.37. The lowest BCUT2D eigenvalue weighted by molar-refractivity contribution is 0.235. The maximum Gasteiger partial charge on any atom is 0.191 e. The van der Waals surface area contributed by atoms with E-state index < -0.39 is 0 Å². The molecule has 1 aliphatic heterocycles. The zero-order valence-electron chi connectivity index (χ0n) is 14.3. The molecule has 3 atom stereocenters. The Morgan fingerprint density at radius 1 is 1.12 bits per heavy atom. The van der Waals surface area contributed by atoms with Crippen LogP contribution in [0.4, 0.5) is 0 Å². The fourth-order valence-corrected chi connectivity index (χ4v) is 3.37. The lowest BCUT2D eigenvalue weighted by atomic mass is 10.1. The molecule has 1 saturated carbocycles. The van der Waals surface area contributed by atoms with Crippen LogP contribution in [0.3, 0.4) is 0 Å². The van der Waals surface area contributed by atoms with Crippen molar-refractivity contribution in [2.75, 3.05) is 13.6 Å². The van der Waals surface area contributed by atoms with Crippen LogP contribution in [0.2, 0.25) is 0 Å². The highest BCUT2D eigenvalue weighted by atomic mass is 127. The Morgan fingerprint density at radius 3 is 2.64 bits per heavy atom. The normalized spacial score (nSPS) is 23.9. The highest BCUT2D eigenvalue weighted by molar-refractivity contribution is 14.0. The number of fused-ring (bicyclic) bond motifs is 1. The third kappa shape index (κ3) is 4.26. The van der Waals surface area contributed by atoms with Crippen molar-refractivity contribution in [1.82, 2.24) is 10.6 Å². The molecule has 2 aromatic rings. The number of hydrogen-bond acceptors (Lipinski definition) is 2. The van der Waals surface area contributed by atoms with Gasteiger partial charge in [-0.15, -0.1) is 24.0 Å². The summed E-state index contributed by atoms with van der Waals surface area (Å²) in [6.45, 7) is 0.761. The monoisotopic (exact) mass is 449 g/mol. The molecule has 0 saturated heterocycles. The number of benzene rings is 2. The Morgan fingerprint density at radius 2 is 1.88 bits per heavy atom. The van der Waals surface area contributed by atoms with E-state index in [-0.39, 0.29) is 30.1 Å². The number of guanidine groups is 1. The Kier molecular flexibility index (Phi) is 5.83. The van der Waals surface area contributed by atoms with Gasteiger partial charge in [0.25, 0.3) is 0 Å². The summed E-state index contributed by atoms with van der Waals surface area (Å²) in [5, 5.41) is 6.92. The second kappa shape index (κ2) is 8.08. The van der Waals surface area contributed by atoms with Crippen molar-refractivity contribution in [1.29, 1.82) is 0 Å². The quantitative estimate of drug-likeness (QED) is 0.428. The minimum absolute atomic E-state index is 0. The molecule has 1 fully saturated rings. The van der Waals surface area contributed by atoms with Crippen LogP contribution < -0.4 is 15.4 Å². The molecule has 0 spiro atoms. The molecule has 0 aromatic heterocycles. The van der Waals surface area contributed by atoms with E-state index in [2.05, 4.69) is 58.1 Å². The zero-order chi connectivity index (χ0) is 16.4. The first kappa shape index (κ1) is 18.0. The topological polar surface area (TPSA) is 45.7 Å². The summed E-state index contributed by atoms with van der Waals surface area (Å²) >= 11 is 0. The van der Waals surface area contributed by atoms with E-state index in [1.807, 2.05) is 19.2 Å². The van der Waals surface area contributed by atoms with Gasteiger partial charge >= 0.3 is 0 Å². The molecule has 25 heavy (non-hydrogen) atoms. The Hall–Kier alpha value is -1.76. The van der Waals surface area contributed by atoms with Gasteiger partial charge in [-0.05, 0) is 23.6 Å². The Balaban J connectivity index is 0.00000182. The van der Waals surface area contributed by atoms with Gasteiger partial charge in [0.1, 0.15) is 11.9 Å². The minimum atomic E-state index is 0. The third-order valence-electron chi connectivity index (χ3n) is 4.77. The van der Waals surface area contributed by atoms with Gasteiger partial charge in [0.05, 0.1) is 6.54 Å². The van der Waals surface area contributed by atoms with Crippen LogP contribution in [-0.4, -0.2) is 31.7 Å². The number of ether oxygens (including phenoxy) is 1. The second-order valence-corrected chi connectivity index (χ2v) is 6.51. The van der Waals surface area contributed by atoms with Crippen LogP contribution >= 0.6 is 24.0 Å². The van der Waals surface area contributed by atoms with Crippen molar-refractivity contribution < 1.29 is 4.74 Å². The van der Waals surface area contributed by atoms with Crippen LogP contribution in [0.25, 0.3) is 0 Å². The summed E-state index contributed by atoms with van der Waals surface area (Å²) in [6, 6.07) is 19.4. The first-order valence-electron chi connectivity index (χ1n) is 8.60. The number of halogens is 1. The van der Waals surface area contributed by atoms with E-state index in [1.54, 1.807) is 0 Å². The highest BCUT2D eigenvalue weighted by Crippen LogP contribution is 2.40. The van der Waals surface area contributed by atoms with Crippen molar-refractivity contribution in [2.45, 2.75) is 30.9 Å². The largest absolute Gasteiger partial charge is 0.488 e. The molecule has 0 amide bonds. The van der Waals surface area contributed by atoms with Gasteiger partial charge in [-0.25, -0.2) is 0 Å². The second-order valence-electron chi connectivity index (χ2n) is 6.51. The zero-order valence-corrected chi connectivity index (χ0v) is 16.6. The van der Waals surface area contributed by atoms with Crippen molar-refractivity contribution in [2.24, 2.45) is 4.99 Å². The van der Waals surface area contributed by atoms with Crippen molar-refractivity contribution in [3.05, 3.63) is 65.7 Å². The van der Waals surface area contributed by atoms with Gasteiger partial charge in [0.2, 0.25) is 0 Å². The molecular weight excluding hydrogens is 425 g/mol. The van der Waals surface area contributed by atoms with E-state index in [0.29, 0.717) is 12.0 Å². The molecule has 4 nitrogen and oxygen atoms in total. The average molecular weight is 449 g/mol. The molecule has 5 heteroatoms. The Bertz CT molecular complexity index is 710. The predicted molar refractivity (Wildman–Crippen MR) is 112 cm³/mol. The molecule has 132 valence electrons. The standard InChI is InChI=1S/C20H23N3O.HI/c1-21-20(23-18-12-17(18)14-7-3-2-4-8-14)22-13-16-11-15-9-5-6-10-19(15)24-16;/h2-10,16-18H,11-13H2,1H3,(H2,21,22,23);1H. The van der Waals surface area contributed by atoms with Crippen LogP contribution in [-0.2, 0) is 6.42 Å². The summed E-state index contributed by atoms with van der Waals surface area (Å²) < 4.78 is 5.97. The van der Waals surface area contributed by atoms with E-state index in [1.165, 1.54) is 11.1 Å². The molecule has 4 rings (SSSR count). The number of nitrogens with one attached hydrogen (secondary N) is 2. The van der Waals surface area contributed by atoms with Gasteiger partial charge < -0.3 is 15.4 Å². The van der Waals surface area contributed by atoms with Crippen molar-refractivity contribution in [3.63, 3.8) is 0 Å². The van der Waals surface area contributed by atoms with Crippen LogP contribution in [0.15, 0.2) is 59.6 Å². The number of rotatable bonds is 4. The van der Waals surface area contributed by atoms with Crippen molar-refractivity contribution >= 4 is 29.9 Å². The van der Waals surface area contributed by atoms with Crippen molar-refractivity contribution in [3.8, 4) is 5.75 Å². The van der Waals surface area contributed by atoms with E-state index >= 15 is 0 Å². The predicted octanol–water partition coefficient (Wildman–Crippen LogP) is 3.33. The average Bonchev–Trinajstić information content (AvgIpc) is 3.27. The maximum atomic E-state index is 5.97. The van der Waals surface area contributed by atoms with Gasteiger partial charge in [-0.3, -0.25) is 4.99 Å². The van der Waals surface area contributed by atoms with Crippen LogP contribution in [0.5, 0.6) is 5.75 Å². The van der Waals surface area contributed by atoms with Crippen LogP contribution in [0, 0.1) is 0 Å². The summed E-state index contributed by atoms with van der Waals surface area (Å²) in [5.74, 6) is 2.47. The number of nitrogens with zero attached hydrogens (tertiary/aromatic N) is 1. The smallest absolute Gasteiger partial charge is 0.191 e. The van der Waals surface area contributed by atoms with Gasteiger partial charge in [0.15, 0.2) is 5.96 Å². The first-order chi connectivity index (χ1) is 11.8. The molecular formula is C20H24IN3O. The molecule has 3 unspecified atom stereocenters. The van der Waals surface area contributed by atoms with Gasteiger partial charge in [0, 0.05) is 25.4 Å². The fraction of sp³-hybridized carbons (Fsp3) is 0.350. The minimum Gasteiger partial charge on any atom is -0.488 e. The Labute approximate surface area is 166 Å². The van der Waals surface area contributed by atoms with Gasteiger partial charge in [-0.1, -0.05) is 48.5 Å².